The summed E-state index contributed by atoms with van der Waals surface area (Å²) in [5, 5.41) is 12.6. The Bertz CT molecular complexity index is 435. The van der Waals surface area contributed by atoms with Gasteiger partial charge in [-0.3, -0.25) is 0 Å². The fourth-order valence-electron chi connectivity index (χ4n) is 1.21. The number of hydrogen-bond acceptors (Lipinski definition) is 3. The minimum Gasteiger partial charge on any atom is -0.493 e. The molecule has 0 fully saturated rings. The minimum absolute atomic E-state index is 0.0746. The quantitative estimate of drug-likeness (QED) is 0.681. The molecule has 4 heteroatoms. The molecular weight excluding hydrogens is 180 g/mol. The van der Waals surface area contributed by atoms with Crippen molar-refractivity contribution in [2.45, 2.75) is 13.8 Å². The predicted molar refractivity (Wildman–Crippen MR) is 56.8 cm³/mol. The summed E-state index contributed by atoms with van der Waals surface area (Å²) in [7, 11) is 0. The van der Waals surface area contributed by atoms with E-state index in [4.69, 9.17) is 0 Å². The van der Waals surface area contributed by atoms with Gasteiger partial charge in [-0.1, -0.05) is 32.0 Å². The lowest BCUT2D eigenvalue weighted by molar-refractivity contribution is 0.460. The van der Waals surface area contributed by atoms with E-state index in [1.165, 1.54) is 0 Å². The number of benzene rings is 1. The van der Waals surface area contributed by atoms with Crippen molar-refractivity contribution in [3.05, 3.63) is 29.2 Å². The highest BCUT2D eigenvalue weighted by Gasteiger charge is 2.09. The molecule has 2 rings (SSSR count). The number of aromatic amines is 1. The molecule has 0 aliphatic rings. The van der Waals surface area contributed by atoms with Crippen LogP contribution in [0.1, 0.15) is 13.8 Å². The molecular formula is C10H12N2O2. The van der Waals surface area contributed by atoms with E-state index in [1.54, 1.807) is 18.2 Å². The smallest absolute Gasteiger partial charge is 0.219 e. The Balaban J connectivity index is 0.000000461. The zero-order chi connectivity index (χ0) is 10.6. The maximum absolute atomic E-state index is 10.3. The highest BCUT2D eigenvalue weighted by Crippen LogP contribution is 2.34. The van der Waals surface area contributed by atoms with Crippen molar-refractivity contribution < 1.29 is 5.11 Å². The molecule has 0 radical (unpaired) electrons. The Kier molecular flexibility index (Phi) is 3.23. The second-order valence-electron chi connectivity index (χ2n) is 2.46. The first-order valence-electron chi connectivity index (χ1n) is 4.46. The van der Waals surface area contributed by atoms with Crippen LogP contribution in [0.5, 0.6) is 5.88 Å². The van der Waals surface area contributed by atoms with E-state index in [0.29, 0.717) is 10.9 Å². The molecule has 0 aliphatic carbocycles. The second-order valence-corrected chi connectivity index (χ2v) is 2.46. The number of para-hydroxylation sites is 1. The van der Waals surface area contributed by atoms with Crippen LogP contribution in [0.4, 0.5) is 5.69 Å². The number of hydrogen-bond donors (Lipinski definition) is 2. The summed E-state index contributed by atoms with van der Waals surface area (Å²) in [6.07, 6.45) is 0. The third-order valence-corrected chi connectivity index (χ3v) is 1.75. The molecule has 1 aromatic heterocycles. The molecule has 0 amide bonds. The average molecular weight is 192 g/mol. The van der Waals surface area contributed by atoms with Gasteiger partial charge in [0.2, 0.25) is 5.88 Å². The third kappa shape index (κ3) is 1.59. The Hall–Kier alpha value is -1.84. The lowest BCUT2D eigenvalue weighted by atomic mass is 10.2. The van der Waals surface area contributed by atoms with E-state index in [-0.39, 0.29) is 11.6 Å². The van der Waals surface area contributed by atoms with Crippen molar-refractivity contribution in [2.24, 2.45) is 5.18 Å². The minimum atomic E-state index is -0.175. The number of aromatic hydroxyl groups is 1. The van der Waals surface area contributed by atoms with Gasteiger partial charge in [-0.15, -0.1) is 4.91 Å². The average Bonchev–Trinajstić information content (AvgIpc) is 2.56. The van der Waals surface area contributed by atoms with Gasteiger partial charge in [0.15, 0.2) is 5.69 Å². The van der Waals surface area contributed by atoms with E-state index in [9.17, 15) is 10.0 Å². The van der Waals surface area contributed by atoms with Crippen LogP contribution in [0, 0.1) is 4.91 Å². The summed E-state index contributed by atoms with van der Waals surface area (Å²) >= 11 is 0. The van der Waals surface area contributed by atoms with Crippen LogP contribution in [0.15, 0.2) is 29.4 Å². The van der Waals surface area contributed by atoms with Crippen LogP contribution < -0.4 is 0 Å². The number of H-pyrrole nitrogens is 1. The van der Waals surface area contributed by atoms with Crippen LogP contribution in [0.3, 0.4) is 0 Å². The van der Waals surface area contributed by atoms with Crippen LogP contribution >= 0.6 is 0 Å². The van der Waals surface area contributed by atoms with E-state index < -0.39 is 0 Å². The molecule has 0 saturated carbocycles. The molecule has 0 saturated heterocycles. The fraction of sp³-hybridized carbons (Fsp3) is 0.200. The standard InChI is InChI=1S/C8H6N2O2.C2H6/c11-8-7(10-12)5-3-1-2-4-6(5)9-8;1-2/h1-4,9,11H;1-2H3. The lowest BCUT2D eigenvalue weighted by Gasteiger charge is -1.85. The van der Waals surface area contributed by atoms with Crippen LogP contribution in [-0.2, 0) is 0 Å². The third-order valence-electron chi connectivity index (χ3n) is 1.75. The second kappa shape index (κ2) is 4.41. The van der Waals surface area contributed by atoms with Crippen LogP contribution in [0.25, 0.3) is 10.9 Å². The summed E-state index contributed by atoms with van der Waals surface area (Å²) in [5.41, 5.74) is 0.787. The first-order chi connectivity index (χ1) is 6.83. The molecule has 4 nitrogen and oxygen atoms in total. The Morgan fingerprint density at radius 3 is 2.57 bits per heavy atom. The molecule has 14 heavy (non-hydrogen) atoms. The molecule has 0 atom stereocenters. The van der Waals surface area contributed by atoms with Gasteiger partial charge in [0.25, 0.3) is 0 Å². The van der Waals surface area contributed by atoms with Gasteiger partial charge in [0.1, 0.15) is 0 Å². The Morgan fingerprint density at radius 1 is 1.29 bits per heavy atom. The number of rotatable bonds is 1. The fourth-order valence-corrected chi connectivity index (χ4v) is 1.21. The molecule has 2 N–H and O–H groups in total. The molecule has 1 heterocycles. The zero-order valence-electron chi connectivity index (χ0n) is 8.11. The number of nitrogens with one attached hydrogen (secondary N) is 1. The molecule has 1 aromatic carbocycles. The molecule has 0 unspecified atom stereocenters. The topological polar surface area (TPSA) is 65.4 Å². The Labute approximate surface area is 81.5 Å². The lowest BCUT2D eigenvalue weighted by Crippen LogP contribution is -1.63. The molecule has 0 bridgehead atoms. The summed E-state index contributed by atoms with van der Waals surface area (Å²) < 4.78 is 0. The van der Waals surface area contributed by atoms with Gasteiger partial charge in [0, 0.05) is 5.39 Å². The van der Waals surface area contributed by atoms with Crippen LogP contribution in [-0.4, -0.2) is 10.1 Å². The number of aromatic nitrogens is 1. The van der Waals surface area contributed by atoms with Crippen molar-refractivity contribution in [3.8, 4) is 5.88 Å². The zero-order valence-corrected chi connectivity index (χ0v) is 8.11. The van der Waals surface area contributed by atoms with Gasteiger partial charge >= 0.3 is 0 Å². The summed E-state index contributed by atoms with van der Waals surface area (Å²) in [6.45, 7) is 4.00. The maximum Gasteiger partial charge on any atom is 0.219 e. The normalized spacial score (nSPS) is 9.29. The van der Waals surface area contributed by atoms with E-state index in [1.807, 2.05) is 19.9 Å². The van der Waals surface area contributed by atoms with Crippen molar-refractivity contribution in [3.63, 3.8) is 0 Å². The van der Waals surface area contributed by atoms with Crippen molar-refractivity contribution in [2.75, 3.05) is 0 Å². The monoisotopic (exact) mass is 192 g/mol. The molecule has 74 valence electrons. The van der Waals surface area contributed by atoms with Gasteiger partial charge in [-0.05, 0) is 11.2 Å². The van der Waals surface area contributed by atoms with Gasteiger partial charge in [0.05, 0.1) is 5.52 Å². The number of nitroso groups, excluding NO2 is 1. The number of nitrogens with zero attached hydrogens (tertiary/aromatic N) is 1. The van der Waals surface area contributed by atoms with E-state index in [0.717, 1.165) is 0 Å². The number of fused-ring (bicyclic) bond motifs is 1. The van der Waals surface area contributed by atoms with Gasteiger partial charge < -0.3 is 10.1 Å². The highest BCUT2D eigenvalue weighted by atomic mass is 16.3. The predicted octanol–water partition coefficient (Wildman–Crippen LogP) is 3.30. The summed E-state index contributed by atoms with van der Waals surface area (Å²) in [6, 6.07) is 7.09. The maximum atomic E-state index is 10.3. The first-order valence-corrected chi connectivity index (χ1v) is 4.46. The summed E-state index contributed by atoms with van der Waals surface area (Å²) in [4.78, 5) is 12.9. The van der Waals surface area contributed by atoms with Crippen LogP contribution in [0.2, 0.25) is 0 Å². The largest absolute Gasteiger partial charge is 0.493 e. The van der Waals surface area contributed by atoms with E-state index in [2.05, 4.69) is 10.2 Å². The van der Waals surface area contributed by atoms with E-state index >= 15 is 0 Å². The van der Waals surface area contributed by atoms with Gasteiger partial charge in [-0.25, -0.2) is 0 Å². The first kappa shape index (κ1) is 10.2. The molecule has 0 aliphatic heterocycles. The van der Waals surface area contributed by atoms with Gasteiger partial charge in [-0.2, -0.15) is 0 Å². The van der Waals surface area contributed by atoms with Crippen molar-refractivity contribution in [1.82, 2.24) is 4.98 Å². The highest BCUT2D eigenvalue weighted by molar-refractivity contribution is 5.93. The molecule has 2 aromatic rings. The van der Waals surface area contributed by atoms with Crippen molar-refractivity contribution >= 4 is 16.6 Å². The Morgan fingerprint density at radius 2 is 1.93 bits per heavy atom. The molecule has 0 spiro atoms. The summed E-state index contributed by atoms with van der Waals surface area (Å²) in [5.74, 6) is -0.175. The SMILES string of the molecule is CC.O=Nc1c(O)[nH]c2ccccc12. The van der Waals surface area contributed by atoms with Crippen molar-refractivity contribution in [1.29, 1.82) is 0 Å².